The van der Waals surface area contributed by atoms with Gasteiger partial charge in [-0.3, -0.25) is 0 Å². The molecule has 3 rings (SSSR count). The zero-order chi connectivity index (χ0) is 23.6. The number of methoxy groups -OCH3 is 3. The van der Waals surface area contributed by atoms with Crippen LogP contribution in [0.3, 0.4) is 0 Å². The molecular weight excluding hydrogens is 416 g/mol. The minimum atomic E-state index is 0.0198. The smallest absolute Gasteiger partial charge is 0.161 e. The third-order valence-electron chi connectivity index (χ3n) is 5.57. The topological polar surface area (TPSA) is 57.2 Å². The van der Waals surface area contributed by atoms with Crippen LogP contribution in [0.1, 0.15) is 23.1 Å². The molecule has 0 radical (unpaired) electrons. The van der Waals surface area contributed by atoms with Crippen molar-refractivity contribution in [3.8, 4) is 23.0 Å². The zero-order valence-electron chi connectivity index (χ0n) is 19.5. The van der Waals surface area contributed by atoms with Crippen LogP contribution >= 0.6 is 0 Å². The van der Waals surface area contributed by atoms with Crippen LogP contribution in [0.5, 0.6) is 23.0 Å². The van der Waals surface area contributed by atoms with Crippen molar-refractivity contribution < 1.29 is 24.1 Å². The molecule has 0 spiro atoms. The van der Waals surface area contributed by atoms with Gasteiger partial charge >= 0.3 is 0 Å². The van der Waals surface area contributed by atoms with Gasteiger partial charge in [-0.2, -0.15) is 0 Å². The van der Waals surface area contributed by atoms with Crippen LogP contribution in [0.25, 0.3) is 5.57 Å². The minimum Gasteiger partial charge on any atom is -0.493 e. The van der Waals surface area contributed by atoms with Crippen LogP contribution in [0, 0.1) is 5.92 Å². The zero-order valence-corrected chi connectivity index (χ0v) is 19.5. The monoisotopic (exact) mass is 448 g/mol. The van der Waals surface area contributed by atoms with Gasteiger partial charge < -0.3 is 24.1 Å². The number of aliphatic hydroxyl groups excluding tert-OH is 1. The van der Waals surface area contributed by atoms with Crippen molar-refractivity contribution >= 4 is 5.57 Å². The molecule has 0 heterocycles. The van der Waals surface area contributed by atoms with Crippen molar-refractivity contribution in [2.24, 2.45) is 5.92 Å². The Morgan fingerprint density at radius 1 is 0.788 bits per heavy atom. The first kappa shape index (κ1) is 24.2. The highest BCUT2D eigenvalue weighted by Crippen LogP contribution is 2.33. The van der Waals surface area contributed by atoms with E-state index in [0.717, 1.165) is 22.3 Å². The van der Waals surface area contributed by atoms with Crippen LogP contribution in [-0.4, -0.2) is 33.0 Å². The van der Waals surface area contributed by atoms with Gasteiger partial charge in [0.15, 0.2) is 23.0 Å². The molecule has 5 heteroatoms. The van der Waals surface area contributed by atoms with E-state index in [1.54, 1.807) is 21.3 Å². The number of hydrogen-bond donors (Lipinski definition) is 1. The summed E-state index contributed by atoms with van der Waals surface area (Å²) in [4.78, 5) is 0. The van der Waals surface area contributed by atoms with E-state index in [0.29, 0.717) is 42.4 Å². The van der Waals surface area contributed by atoms with E-state index in [9.17, 15) is 5.11 Å². The van der Waals surface area contributed by atoms with Crippen molar-refractivity contribution in [1.82, 2.24) is 0 Å². The molecule has 0 bridgehead atoms. The van der Waals surface area contributed by atoms with E-state index >= 15 is 0 Å². The first-order valence-electron chi connectivity index (χ1n) is 10.9. The summed E-state index contributed by atoms with van der Waals surface area (Å²) in [6.07, 6.45) is 1.35. The second-order valence-corrected chi connectivity index (χ2v) is 7.89. The molecule has 0 saturated heterocycles. The lowest BCUT2D eigenvalue weighted by Crippen LogP contribution is -2.11. The molecule has 0 aliphatic rings. The van der Waals surface area contributed by atoms with Crippen molar-refractivity contribution in [3.63, 3.8) is 0 Å². The summed E-state index contributed by atoms with van der Waals surface area (Å²) in [6, 6.07) is 21.7. The number of allylic oxidation sites excluding steroid dienone is 1. The Morgan fingerprint density at radius 2 is 1.45 bits per heavy atom. The molecule has 0 aromatic heterocycles. The quantitative estimate of drug-likeness (QED) is 0.394. The van der Waals surface area contributed by atoms with Crippen molar-refractivity contribution in [2.45, 2.75) is 19.4 Å². The lowest BCUT2D eigenvalue weighted by molar-refractivity contribution is 0.228. The molecular formula is C28H32O5. The fraction of sp³-hybridized carbons (Fsp3) is 0.286. The van der Waals surface area contributed by atoms with E-state index < -0.39 is 0 Å². The first-order chi connectivity index (χ1) is 16.1. The Labute approximate surface area is 196 Å². The average Bonchev–Trinajstić information content (AvgIpc) is 2.87. The largest absolute Gasteiger partial charge is 0.493 e. The van der Waals surface area contributed by atoms with Gasteiger partial charge in [0.1, 0.15) is 6.61 Å². The molecule has 0 amide bonds. The molecule has 0 unspecified atom stereocenters. The van der Waals surface area contributed by atoms with Gasteiger partial charge in [0, 0.05) is 6.61 Å². The molecule has 3 aromatic carbocycles. The summed E-state index contributed by atoms with van der Waals surface area (Å²) in [5.74, 6) is 2.73. The summed E-state index contributed by atoms with van der Waals surface area (Å²) < 4.78 is 22.2. The Kier molecular flexibility index (Phi) is 8.79. The predicted molar refractivity (Wildman–Crippen MR) is 131 cm³/mol. The molecule has 3 aromatic rings. The number of benzene rings is 3. The third kappa shape index (κ3) is 6.53. The second-order valence-electron chi connectivity index (χ2n) is 7.89. The van der Waals surface area contributed by atoms with Crippen LogP contribution < -0.4 is 18.9 Å². The molecule has 0 saturated carbocycles. The molecule has 0 fully saturated rings. The van der Waals surface area contributed by atoms with Gasteiger partial charge in [0.2, 0.25) is 0 Å². The summed E-state index contributed by atoms with van der Waals surface area (Å²) >= 11 is 0. The van der Waals surface area contributed by atoms with E-state index in [-0.39, 0.29) is 12.5 Å². The molecule has 174 valence electrons. The second kappa shape index (κ2) is 12.0. The average molecular weight is 449 g/mol. The van der Waals surface area contributed by atoms with Crippen LogP contribution in [0.4, 0.5) is 0 Å². The van der Waals surface area contributed by atoms with Crippen LogP contribution in [0.15, 0.2) is 73.3 Å². The maximum absolute atomic E-state index is 10.0. The molecule has 0 aliphatic carbocycles. The van der Waals surface area contributed by atoms with E-state index in [1.807, 2.05) is 66.7 Å². The molecule has 33 heavy (non-hydrogen) atoms. The Bertz CT molecular complexity index is 1050. The lowest BCUT2D eigenvalue weighted by Gasteiger charge is -2.18. The number of hydrogen-bond acceptors (Lipinski definition) is 5. The fourth-order valence-electron chi connectivity index (χ4n) is 3.75. The molecule has 5 nitrogen and oxygen atoms in total. The van der Waals surface area contributed by atoms with Gasteiger partial charge in [-0.05, 0) is 65.3 Å². The highest BCUT2D eigenvalue weighted by Gasteiger charge is 2.15. The third-order valence-corrected chi connectivity index (χ3v) is 5.57. The van der Waals surface area contributed by atoms with Gasteiger partial charge in [-0.25, -0.2) is 0 Å². The van der Waals surface area contributed by atoms with E-state index in [2.05, 4.69) is 6.58 Å². The summed E-state index contributed by atoms with van der Waals surface area (Å²) in [5.41, 5.74) is 4.06. The van der Waals surface area contributed by atoms with Gasteiger partial charge in [-0.1, -0.05) is 49.0 Å². The predicted octanol–water partition coefficient (Wildman–Crippen LogP) is 5.55. The van der Waals surface area contributed by atoms with Gasteiger partial charge in [0.25, 0.3) is 0 Å². The number of rotatable bonds is 12. The maximum atomic E-state index is 10.0. The number of aliphatic hydroxyl groups is 1. The summed E-state index contributed by atoms with van der Waals surface area (Å²) in [6.45, 7) is 4.76. The highest BCUT2D eigenvalue weighted by atomic mass is 16.5. The van der Waals surface area contributed by atoms with Crippen LogP contribution in [0.2, 0.25) is 0 Å². The van der Waals surface area contributed by atoms with Crippen LogP contribution in [-0.2, 0) is 13.0 Å². The Hall–Kier alpha value is -3.44. The first-order valence-corrected chi connectivity index (χ1v) is 10.9. The molecule has 1 atom stereocenters. The highest BCUT2D eigenvalue weighted by molar-refractivity contribution is 5.66. The van der Waals surface area contributed by atoms with Crippen molar-refractivity contribution in [2.75, 3.05) is 27.9 Å². The standard InChI is InChI=1S/C28H32O5/c1-20(24-11-13-25(30-2)28(17-24)32-4)14-23(18-29)15-22-10-12-26(27(16-22)31-3)33-19-21-8-6-5-7-9-21/h5-13,16-17,23,29H,1,14-15,18-19H2,2-4H3/t23-/m0/s1. The van der Waals surface area contributed by atoms with Gasteiger partial charge in [-0.15, -0.1) is 0 Å². The summed E-state index contributed by atoms with van der Waals surface area (Å²) in [7, 11) is 4.86. The van der Waals surface area contributed by atoms with Gasteiger partial charge in [0.05, 0.1) is 21.3 Å². The SMILES string of the molecule is C=C(C[C@H](CO)Cc1ccc(OCc2ccccc2)c(OC)c1)c1ccc(OC)c(OC)c1. The number of ether oxygens (including phenoxy) is 4. The minimum absolute atomic E-state index is 0.0198. The Morgan fingerprint density at radius 3 is 2.12 bits per heavy atom. The van der Waals surface area contributed by atoms with Crippen molar-refractivity contribution in [3.05, 3.63) is 90.0 Å². The fourth-order valence-corrected chi connectivity index (χ4v) is 3.75. The molecule has 0 aliphatic heterocycles. The maximum Gasteiger partial charge on any atom is 0.161 e. The summed E-state index contributed by atoms with van der Waals surface area (Å²) in [5, 5.41) is 10.0. The van der Waals surface area contributed by atoms with Crippen molar-refractivity contribution in [1.29, 1.82) is 0 Å². The molecule has 1 N–H and O–H groups in total. The van der Waals surface area contributed by atoms with E-state index in [4.69, 9.17) is 18.9 Å². The Balaban J connectivity index is 1.66. The normalized spacial score (nSPS) is 11.5. The van der Waals surface area contributed by atoms with E-state index in [1.165, 1.54) is 0 Å². The lowest BCUT2D eigenvalue weighted by atomic mass is 9.90.